The Hall–Kier alpha value is -2.34. The van der Waals surface area contributed by atoms with E-state index in [-0.39, 0.29) is 0 Å². The van der Waals surface area contributed by atoms with Crippen LogP contribution >= 0.6 is 0 Å². The number of ether oxygens (including phenoxy) is 1. The van der Waals surface area contributed by atoms with E-state index >= 15 is 0 Å². The molecule has 0 aliphatic rings. The summed E-state index contributed by atoms with van der Waals surface area (Å²) in [6.07, 6.45) is 3.77. The van der Waals surface area contributed by atoms with Gasteiger partial charge < -0.3 is 15.0 Å². The summed E-state index contributed by atoms with van der Waals surface area (Å²) in [7, 11) is 1.69. The second kappa shape index (κ2) is 5.57. The van der Waals surface area contributed by atoms with Crippen LogP contribution in [0.2, 0.25) is 0 Å². The Morgan fingerprint density at radius 3 is 2.86 bits per heavy atom. The standard InChI is InChI=1S/C15H19N5O/c1-10-4-5-12-19-14(13-11(2)17-9-18-13)15(20(12)8-10)16-6-7-21-3/h4-5,8-9,16H,6-7H2,1-3H3,(H,17,18). The highest BCUT2D eigenvalue weighted by atomic mass is 16.5. The van der Waals surface area contributed by atoms with Gasteiger partial charge in [-0.15, -0.1) is 0 Å². The normalized spacial score (nSPS) is 11.2. The molecular formula is C15H19N5O. The van der Waals surface area contributed by atoms with E-state index in [9.17, 15) is 0 Å². The van der Waals surface area contributed by atoms with Gasteiger partial charge >= 0.3 is 0 Å². The number of nitrogens with zero attached hydrogens (tertiary/aromatic N) is 3. The van der Waals surface area contributed by atoms with Crippen LogP contribution in [0.3, 0.4) is 0 Å². The highest BCUT2D eigenvalue weighted by Crippen LogP contribution is 2.29. The maximum absolute atomic E-state index is 5.12. The SMILES string of the molecule is COCCNc1c(-c2nc[nH]c2C)nc2ccc(C)cn12. The molecule has 0 saturated carbocycles. The molecule has 0 aliphatic carbocycles. The number of H-pyrrole nitrogens is 1. The summed E-state index contributed by atoms with van der Waals surface area (Å²) in [5.74, 6) is 0.945. The molecule has 21 heavy (non-hydrogen) atoms. The van der Waals surface area contributed by atoms with Gasteiger partial charge in [-0.2, -0.15) is 0 Å². The number of anilines is 1. The zero-order valence-electron chi connectivity index (χ0n) is 12.5. The zero-order valence-corrected chi connectivity index (χ0v) is 12.5. The minimum atomic E-state index is 0.637. The maximum atomic E-state index is 5.12. The van der Waals surface area contributed by atoms with Crippen LogP contribution in [0.25, 0.3) is 17.0 Å². The van der Waals surface area contributed by atoms with Crippen molar-refractivity contribution in [2.24, 2.45) is 0 Å². The summed E-state index contributed by atoms with van der Waals surface area (Å²) >= 11 is 0. The number of hydrogen-bond donors (Lipinski definition) is 2. The van der Waals surface area contributed by atoms with Crippen LogP contribution in [0.5, 0.6) is 0 Å². The van der Waals surface area contributed by atoms with E-state index in [1.54, 1.807) is 13.4 Å². The first-order valence-corrected chi connectivity index (χ1v) is 6.92. The summed E-state index contributed by atoms with van der Waals surface area (Å²) in [4.78, 5) is 12.2. The van der Waals surface area contributed by atoms with Crippen molar-refractivity contribution in [3.05, 3.63) is 35.9 Å². The number of rotatable bonds is 5. The second-order valence-electron chi connectivity index (χ2n) is 5.04. The lowest BCUT2D eigenvalue weighted by atomic mass is 10.2. The van der Waals surface area contributed by atoms with Crippen molar-refractivity contribution in [3.8, 4) is 11.4 Å². The van der Waals surface area contributed by atoms with Crippen molar-refractivity contribution in [1.82, 2.24) is 19.4 Å². The van der Waals surface area contributed by atoms with Gasteiger partial charge in [-0.05, 0) is 25.5 Å². The number of aromatic amines is 1. The Morgan fingerprint density at radius 1 is 1.29 bits per heavy atom. The summed E-state index contributed by atoms with van der Waals surface area (Å²) in [6, 6.07) is 4.07. The molecule has 2 N–H and O–H groups in total. The first kappa shape index (κ1) is 13.6. The van der Waals surface area contributed by atoms with E-state index < -0.39 is 0 Å². The van der Waals surface area contributed by atoms with Gasteiger partial charge in [0.2, 0.25) is 0 Å². The predicted molar refractivity (Wildman–Crippen MR) is 82.6 cm³/mol. The fraction of sp³-hybridized carbons (Fsp3) is 0.333. The van der Waals surface area contributed by atoms with Crippen LogP contribution < -0.4 is 5.32 Å². The van der Waals surface area contributed by atoms with Crippen LogP contribution in [0.4, 0.5) is 5.82 Å². The van der Waals surface area contributed by atoms with E-state index in [0.717, 1.165) is 28.5 Å². The Bertz CT molecular complexity index is 759. The zero-order chi connectivity index (χ0) is 14.8. The maximum Gasteiger partial charge on any atom is 0.140 e. The molecule has 0 amide bonds. The molecule has 0 fully saturated rings. The number of aromatic nitrogens is 4. The van der Waals surface area contributed by atoms with Crippen molar-refractivity contribution in [2.45, 2.75) is 13.8 Å². The smallest absolute Gasteiger partial charge is 0.140 e. The van der Waals surface area contributed by atoms with Crippen LogP contribution in [0, 0.1) is 13.8 Å². The molecule has 0 aromatic carbocycles. The molecule has 6 nitrogen and oxygen atoms in total. The average molecular weight is 285 g/mol. The predicted octanol–water partition coefficient (Wildman–Crippen LogP) is 2.40. The summed E-state index contributed by atoms with van der Waals surface area (Å²) in [5.41, 5.74) is 4.81. The van der Waals surface area contributed by atoms with Crippen molar-refractivity contribution in [2.75, 3.05) is 25.6 Å². The van der Waals surface area contributed by atoms with Crippen LogP contribution in [-0.4, -0.2) is 39.6 Å². The third kappa shape index (κ3) is 2.50. The Balaban J connectivity index is 2.13. The van der Waals surface area contributed by atoms with E-state index in [4.69, 9.17) is 9.72 Å². The molecule has 0 bridgehead atoms. The number of pyridine rings is 1. The second-order valence-corrected chi connectivity index (χ2v) is 5.04. The largest absolute Gasteiger partial charge is 0.383 e. The number of imidazole rings is 2. The van der Waals surface area contributed by atoms with Gasteiger partial charge in [0.1, 0.15) is 22.9 Å². The quantitative estimate of drug-likeness (QED) is 0.706. The number of hydrogen-bond acceptors (Lipinski definition) is 4. The first-order valence-electron chi connectivity index (χ1n) is 6.92. The fourth-order valence-corrected chi connectivity index (χ4v) is 2.35. The Labute approximate surface area is 123 Å². The lowest BCUT2D eigenvalue weighted by molar-refractivity contribution is 0.210. The van der Waals surface area contributed by atoms with Gasteiger partial charge in [0.15, 0.2) is 0 Å². The lowest BCUT2D eigenvalue weighted by Crippen LogP contribution is -2.10. The number of nitrogens with one attached hydrogen (secondary N) is 2. The molecule has 0 spiro atoms. The molecule has 0 aliphatic heterocycles. The highest BCUT2D eigenvalue weighted by molar-refractivity contribution is 5.75. The van der Waals surface area contributed by atoms with Crippen molar-refractivity contribution >= 4 is 11.5 Å². The van der Waals surface area contributed by atoms with Gasteiger partial charge in [0.25, 0.3) is 0 Å². The molecule has 110 valence electrons. The van der Waals surface area contributed by atoms with Crippen molar-refractivity contribution in [3.63, 3.8) is 0 Å². The Morgan fingerprint density at radius 2 is 2.14 bits per heavy atom. The van der Waals surface area contributed by atoms with Gasteiger partial charge in [-0.3, -0.25) is 4.40 Å². The fourth-order valence-electron chi connectivity index (χ4n) is 2.35. The van der Waals surface area contributed by atoms with E-state index in [1.165, 1.54) is 5.56 Å². The number of methoxy groups -OCH3 is 1. The molecule has 3 aromatic heterocycles. The Kier molecular flexibility index (Phi) is 3.62. The molecule has 0 unspecified atom stereocenters. The van der Waals surface area contributed by atoms with Gasteiger partial charge in [0.05, 0.1) is 12.9 Å². The van der Waals surface area contributed by atoms with E-state index in [1.807, 2.05) is 13.0 Å². The third-order valence-corrected chi connectivity index (χ3v) is 3.42. The average Bonchev–Trinajstić information content (AvgIpc) is 3.03. The first-order chi connectivity index (χ1) is 10.2. The van der Waals surface area contributed by atoms with Crippen LogP contribution in [0.15, 0.2) is 24.7 Å². The third-order valence-electron chi connectivity index (χ3n) is 3.42. The number of fused-ring (bicyclic) bond motifs is 1. The molecule has 3 heterocycles. The molecule has 6 heteroatoms. The molecule has 0 radical (unpaired) electrons. The van der Waals surface area contributed by atoms with Gasteiger partial charge in [-0.25, -0.2) is 9.97 Å². The lowest BCUT2D eigenvalue weighted by Gasteiger charge is -2.08. The van der Waals surface area contributed by atoms with E-state index in [2.05, 4.69) is 38.9 Å². The van der Waals surface area contributed by atoms with Gasteiger partial charge in [0, 0.05) is 25.5 Å². The van der Waals surface area contributed by atoms with Crippen LogP contribution in [-0.2, 0) is 4.74 Å². The minimum Gasteiger partial charge on any atom is -0.383 e. The van der Waals surface area contributed by atoms with E-state index in [0.29, 0.717) is 13.2 Å². The monoisotopic (exact) mass is 285 g/mol. The molecular weight excluding hydrogens is 266 g/mol. The highest BCUT2D eigenvalue weighted by Gasteiger charge is 2.17. The van der Waals surface area contributed by atoms with Crippen molar-refractivity contribution < 1.29 is 4.74 Å². The molecule has 0 atom stereocenters. The van der Waals surface area contributed by atoms with Crippen molar-refractivity contribution in [1.29, 1.82) is 0 Å². The van der Waals surface area contributed by atoms with Gasteiger partial charge in [-0.1, -0.05) is 6.07 Å². The molecule has 0 saturated heterocycles. The topological polar surface area (TPSA) is 67.2 Å². The minimum absolute atomic E-state index is 0.637. The molecule has 3 rings (SSSR count). The molecule has 3 aromatic rings. The summed E-state index contributed by atoms with van der Waals surface area (Å²) in [6.45, 7) is 5.42. The number of aryl methyl sites for hydroxylation is 2. The van der Waals surface area contributed by atoms with Crippen LogP contribution in [0.1, 0.15) is 11.3 Å². The summed E-state index contributed by atoms with van der Waals surface area (Å²) in [5, 5.41) is 3.40. The summed E-state index contributed by atoms with van der Waals surface area (Å²) < 4.78 is 7.18.